The van der Waals surface area contributed by atoms with Gasteiger partial charge in [0.05, 0.1) is 0 Å². The van der Waals surface area contributed by atoms with E-state index in [1.807, 2.05) is 43.3 Å². The van der Waals surface area contributed by atoms with Crippen molar-refractivity contribution in [1.82, 2.24) is 9.97 Å². The van der Waals surface area contributed by atoms with Crippen LogP contribution >= 0.6 is 0 Å². The van der Waals surface area contributed by atoms with Crippen LogP contribution in [0, 0.1) is 13.8 Å². The van der Waals surface area contributed by atoms with Crippen molar-refractivity contribution in [2.24, 2.45) is 0 Å². The lowest BCUT2D eigenvalue weighted by atomic mass is 10.1. The summed E-state index contributed by atoms with van der Waals surface area (Å²) >= 11 is 0. The highest BCUT2D eigenvalue weighted by molar-refractivity contribution is 6.03. The summed E-state index contributed by atoms with van der Waals surface area (Å²) in [4.78, 5) is 20.9. The van der Waals surface area contributed by atoms with E-state index in [-0.39, 0.29) is 5.91 Å². The summed E-state index contributed by atoms with van der Waals surface area (Å²) in [5.41, 5.74) is 4.47. The van der Waals surface area contributed by atoms with Gasteiger partial charge < -0.3 is 10.6 Å². The third kappa shape index (κ3) is 4.20. The molecule has 0 aliphatic heterocycles. The van der Waals surface area contributed by atoms with Gasteiger partial charge >= 0.3 is 0 Å². The Kier molecular flexibility index (Phi) is 5.04. The fraction of sp³-hybridized carbons (Fsp3) is 0.150. The van der Waals surface area contributed by atoms with E-state index in [1.54, 1.807) is 12.3 Å². The van der Waals surface area contributed by atoms with E-state index >= 15 is 0 Å². The fourth-order valence-corrected chi connectivity index (χ4v) is 2.45. The van der Waals surface area contributed by atoms with Crippen LogP contribution in [0.4, 0.5) is 11.6 Å². The number of nitrogens with zero attached hydrogens (tertiary/aromatic N) is 2. The zero-order valence-corrected chi connectivity index (χ0v) is 14.3. The predicted molar refractivity (Wildman–Crippen MR) is 99.7 cm³/mol. The van der Waals surface area contributed by atoms with Crippen molar-refractivity contribution in [3.63, 3.8) is 0 Å². The Bertz CT molecular complexity index is 892. The molecule has 0 bridgehead atoms. The van der Waals surface area contributed by atoms with Crippen molar-refractivity contribution in [3.8, 4) is 0 Å². The standard InChI is InChI=1S/C20H20N4O/c1-14-7-3-5-9-16(14)13-22-20-21-12-11-18(24-20)19(25)23-17-10-6-4-8-15(17)2/h3-12H,13H2,1-2H3,(H,23,25)(H,21,22,24). The first-order valence-corrected chi connectivity index (χ1v) is 8.12. The summed E-state index contributed by atoms with van der Waals surface area (Å²) in [6.07, 6.45) is 1.58. The molecular weight excluding hydrogens is 312 g/mol. The molecule has 1 heterocycles. The Morgan fingerprint density at radius 2 is 1.68 bits per heavy atom. The summed E-state index contributed by atoms with van der Waals surface area (Å²) in [5.74, 6) is 0.177. The molecule has 5 heteroatoms. The van der Waals surface area contributed by atoms with Gasteiger partial charge in [-0.05, 0) is 42.7 Å². The van der Waals surface area contributed by atoms with Gasteiger partial charge in [0.1, 0.15) is 5.69 Å². The van der Waals surface area contributed by atoms with Crippen molar-refractivity contribution < 1.29 is 4.79 Å². The van der Waals surface area contributed by atoms with E-state index in [2.05, 4.69) is 39.7 Å². The number of carbonyl (C=O) groups excluding carboxylic acids is 1. The summed E-state index contributed by atoms with van der Waals surface area (Å²) in [7, 11) is 0. The molecule has 0 aliphatic rings. The average Bonchev–Trinajstić information content (AvgIpc) is 2.63. The molecular formula is C20H20N4O. The molecule has 1 amide bonds. The molecule has 0 saturated carbocycles. The number of rotatable bonds is 5. The van der Waals surface area contributed by atoms with Gasteiger partial charge in [0.15, 0.2) is 0 Å². The van der Waals surface area contributed by atoms with Crippen LogP contribution in [0.2, 0.25) is 0 Å². The van der Waals surface area contributed by atoms with Crippen LogP contribution in [0.5, 0.6) is 0 Å². The van der Waals surface area contributed by atoms with E-state index in [4.69, 9.17) is 0 Å². The molecule has 0 saturated heterocycles. The van der Waals surface area contributed by atoms with Gasteiger partial charge in [0.2, 0.25) is 5.95 Å². The second-order valence-electron chi connectivity index (χ2n) is 5.81. The summed E-state index contributed by atoms with van der Waals surface area (Å²) in [6, 6.07) is 17.4. The van der Waals surface area contributed by atoms with Crippen LogP contribution in [-0.4, -0.2) is 15.9 Å². The van der Waals surface area contributed by atoms with E-state index in [0.29, 0.717) is 18.2 Å². The lowest BCUT2D eigenvalue weighted by Crippen LogP contribution is -2.16. The quantitative estimate of drug-likeness (QED) is 0.742. The maximum absolute atomic E-state index is 12.4. The lowest BCUT2D eigenvalue weighted by Gasteiger charge is -2.10. The van der Waals surface area contributed by atoms with Crippen molar-refractivity contribution in [2.75, 3.05) is 10.6 Å². The molecule has 3 aromatic rings. The second-order valence-corrected chi connectivity index (χ2v) is 5.81. The Morgan fingerprint density at radius 3 is 2.44 bits per heavy atom. The molecule has 126 valence electrons. The van der Waals surface area contributed by atoms with Crippen LogP contribution in [0.1, 0.15) is 27.2 Å². The number of para-hydroxylation sites is 1. The number of aromatic nitrogens is 2. The minimum atomic E-state index is -0.254. The molecule has 0 aliphatic carbocycles. The number of hydrogen-bond donors (Lipinski definition) is 2. The molecule has 0 atom stereocenters. The summed E-state index contributed by atoms with van der Waals surface area (Å²) in [5, 5.41) is 6.05. The van der Waals surface area contributed by atoms with E-state index in [1.165, 1.54) is 11.1 Å². The highest BCUT2D eigenvalue weighted by Gasteiger charge is 2.10. The molecule has 1 aromatic heterocycles. The average molecular weight is 332 g/mol. The highest BCUT2D eigenvalue weighted by atomic mass is 16.1. The van der Waals surface area contributed by atoms with Gasteiger partial charge in [-0.3, -0.25) is 4.79 Å². The number of carbonyl (C=O) groups is 1. The van der Waals surface area contributed by atoms with E-state index in [9.17, 15) is 4.79 Å². The number of amides is 1. The van der Waals surface area contributed by atoms with E-state index < -0.39 is 0 Å². The van der Waals surface area contributed by atoms with Crippen LogP contribution in [0.25, 0.3) is 0 Å². The lowest BCUT2D eigenvalue weighted by molar-refractivity contribution is 0.102. The zero-order chi connectivity index (χ0) is 17.6. The number of anilines is 2. The Hall–Kier alpha value is -3.21. The van der Waals surface area contributed by atoms with Crippen LogP contribution < -0.4 is 10.6 Å². The molecule has 0 fully saturated rings. The van der Waals surface area contributed by atoms with Crippen LogP contribution in [0.15, 0.2) is 60.8 Å². The minimum Gasteiger partial charge on any atom is -0.350 e. The summed E-state index contributed by atoms with van der Waals surface area (Å²) < 4.78 is 0. The van der Waals surface area contributed by atoms with Crippen molar-refractivity contribution in [2.45, 2.75) is 20.4 Å². The molecule has 5 nitrogen and oxygen atoms in total. The third-order valence-electron chi connectivity index (χ3n) is 3.98. The number of nitrogens with one attached hydrogen (secondary N) is 2. The second kappa shape index (κ2) is 7.57. The Labute approximate surface area is 147 Å². The first kappa shape index (κ1) is 16.6. The molecule has 2 N–H and O–H groups in total. The predicted octanol–water partition coefficient (Wildman–Crippen LogP) is 3.96. The molecule has 2 aromatic carbocycles. The van der Waals surface area contributed by atoms with Gasteiger partial charge in [0.25, 0.3) is 5.91 Å². The van der Waals surface area contributed by atoms with Crippen molar-refractivity contribution in [1.29, 1.82) is 0 Å². The fourth-order valence-electron chi connectivity index (χ4n) is 2.45. The van der Waals surface area contributed by atoms with Gasteiger partial charge in [-0.15, -0.1) is 0 Å². The molecule has 0 unspecified atom stereocenters. The molecule has 0 radical (unpaired) electrons. The monoisotopic (exact) mass is 332 g/mol. The minimum absolute atomic E-state index is 0.254. The largest absolute Gasteiger partial charge is 0.350 e. The maximum atomic E-state index is 12.4. The van der Waals surface area contributed by atoms with Crippen molar-refractivity contribution in [3.05, 3.63) is 83.2 Å². The number of hydrogen-bond acceptors (Lipinski definition) is 4. The molecule has 0 spiro atoms. The van der Waals surface area contributed by atoms with Gasteiger partial charge in [-0.1, -0.05) is 42.5 Å². The molecule has 25 heavy (non-hydrogen) atoms. The normalized spacial score (nSPS) is 10.3. The Morgan fingerprint density at radius 1 is 0.960 bits per heavy atom. The SMILES string of the molecule is Cc1ccccc1CNc1nccc(C(=O)Nc2ccccc2C)n1. The van der Waals surface area contributed by atoms with Crippen LogP contribution in [0.3, 0.4) is 0 Å². The number of benzene rings is 2. The van der Waals surface area contributed by atoms with Gasteiger partial charge in [0, 0.05) is 18.4 Å². The highest BCUT2D eigenvalue weighted by Crippen LogP contribution is 2.15. The number of aryl methyl sites for hydroxylation is 2. The van der Waals surface area contributed by atoms with Gasteiger partial charge in [-0.2, -0.15) is 0 Å². The smallest absolute Gasteiger partial charge is 0.274 e. The van der Waals surface area contributed by atoms with E-state index in [0.717, 1.165) is 11.3 Å². The van der Waals surface area contributed by atoms with Crippen molar-refractivity contribution >= 4 is 17.5 Å². The molecule has 3 rings (SSSR count). The maximum Gasteiger partial charge on any atom is 0.274 e. The van der Waals surface area contributed by atoms with Crippen LogP contribution in [-0.2, 0) is 6.54 Å². The first-order valence-electron chi connectivity index (χ1n) is 8.12. The van der Waals surface area contributed by atoms with Gasteiger partial charge in [-0.25, -0.2) is 9.97 Å². The first-order chi connectivity index (χ1) is 12.1. The topological polar surface area (TPSA) is 66.9 Å². The zero-order valence-electron chi connectivity index (χ0n) is 14.3. The Balaban J connectivity index is 1.70. The summed E-state index contributed by atoms with van der Waals surface area (Å²) in [6.45, 7) is 4.62. The third-order valence-corrected chi connectivity index (χ3v) is 3.98.